The number of nitriles is 1. The highest BCUT2D eigenvalue weighted by Crippen LogP contribution is 2.29. The third-order valence-corrected chi connectivity index (χ3v) is 6.83. The van der Waals surface area contributed by atoms with Crippen molar-refractivity contribution in [2.45, 2.75) is 71.6 Å². The van der Waals surface area contributed by atoms with Gasteiger partial charge in [-0.15, -0.1) is 0 Å². The quantitative estimate of drug-likeness (QED) is 0.160. The lowest BCUT2D eigenvalue weighted by atomic mass is 10.1. The fraction of sp³-hybridized carbons (Fsp3) is 0.343. The maximum Gasteiger partial charge on any atom is 0.425 e. The Morgan fingerprint density at radius 2 is 1.62 bits per heavy atom. The Balaban J connectivity index is 1.55. The highest BCUT2D eigenvalue weighted by molar-refractivity contribution is 6.13. The lowest BCUT2D eigenvalue weighted by Gasteiger charge is -2.28. The Morgan fingerprint density at radius 1 is 0.940 bits per heavy atom. The molecule has 0 fully saturated rings. The Morgan fingerprint density at radius 3 is 2.22 bits per heavy atom. The van der Waals surface area contributed by atoms with Crippen molar-refractivity contribution in [1.82, 2.24) is 15.3 Å². The van der Waals surface area contributed by atoms with E-state index in [-0.39, 0.29) is 34.2 Å². The summed E-state index contributed by atoms with van der Waals surface area (Å²) in [5.74, 6) is -4.39. The number of imide groups is 1. The van der Waals surface area contributed by atoms with Crippen molar-refractivity contribution in [2.24, 2.45) is 0 Å². The smallest absolute Gasteiger partial charge is 0.425 e. The first-order chi connectivity index (χ1) is 23.4. The summed E-state index contributed by atoms with van der Waals surface area (Å²) in [4.78, 5) is 48.3. The molecule has 13 nitrogen and oxygen atoms in total. The van der Waals surface area contributed by atoms with Crippen molar-refractivity contribution in [1.29, 1.82) is 5.26 Å². The molecule has 262 valence electrons. The molecular weight excluding hydrogens is 652 g/mol. The van der Waals surface area contributed by atoms with Crippen LogP contribution < -0.4 is 20.3 Å². The van der Waals surface area contributed by atoms with Gasteiger partial charge in [-0.3, -0.25) is 15.1 Å². The normalized spacial score (nSPS) is 11.7. The number of benzene rings is 1. The van der Waals surface area contributed by atoms with Crippen LogP contribution in [0.4, 0.5) is 30.0 Å². The molecule has 0 atom stereocenters. The zero-order valence-corrected chi connectivity index (χ0v) is 28.4. The highest BCUT2D eigenvalue weighted by Gasteiger charge is 2.36. The summed E-state index contributed by atoms with van der Waals surface area (Å²) in [6.07, 6.45) is 0.119. The first kappa shape index (κ1) is 36.9. The van der Waals surface area contributed by atoms with E-state index in [4.69, 9.17) is 9.47 Å². The molecule has 2 N–H and O–H groups in total. The number of carbonyl (C=O) groups excluding carboxylic acids is 3. The van der Waals surface area contributed by atoms with Crippen molar-refractivity contribution in [3.63, 3.8) is 0 Å². The third-order valence-electron chi connectivity index (χ3n) is 6.83. The van der Waals surface area contributed by atoms with Gasteiger partial charge in [-0.05, 0) is 82.8 Å². The molecule has 0 aliphatic rings. The summed E-state index contributed by atoms with van der Waals surface area (Å²) in [6, 6.07) is 15.1. The fourth-order valence-corrected chi connectivity index (χ4v) is 4.62. The number of aromatic nitrogens is 3. The van der Waals surface area contributed by atoms with Gasteiger partial charge in [0.05, 0.1) is 12.0 Å². The SMILES string of the molecule is CC(C)(C)OC(=O)N(C(=O)OC(C)(C)C)c1nccc2ccc(CNC(=O)Cc3c(C#N)ccc(NCC(F)(F)c4ccccn4)[n+]3[O-])cc12. The Bertz CT molecular complexity index is 1910. The second-order valence-electron chi connectivity index (χ2n) is 13.2. The fourth-order valence-electron chi connectivity index (χ4n) is 4.62. The van der Waals surface area contributed by atoms with Gasteiger partial charge in [0.1, 0.15) is 28.7 Å². The van der Waals surface area contributed by atoms with Gasteiger partial charge < -0.3 is 20.0 Å². The van der Waals surface area contributed by atoms with Crippen LogP contribution in [0.3, 0.4) is 0 Å². The molecule has 0 radical (unpaired) electrons. The van der Waals surface area contributed by atoms with Crippen LogP contribution in [0.15, 0.2) is 67.0 Å². The Labute approximate surface area is 287 Å². The van der Waals surface area contributed by atoms with E-state index in [0.29, 0.717) is 21.2 Å². The standard InChI is InChI=1S/C35H37F2N7O6/c1-33(2,3)49-31(46)43(32(47)50-34(4,5)6)30-25-17-22(10-11-23(25)14-16-40-30)20-41-29(45)18-26-24(19-38)12-13-28(44(26)48)42-21-35(36,37)27-9-7-8-15-39-27/h7-17,42H,18,20-21H2,1-6H3,(H,41,45). The second kappa shape index (κ2) is 14.7. The molecule has 0 spiro atoms. The number of halogens is 2. The van der Waals surface area contributed by atoms with Crippen molar-refractivity contribution in [3.05, 3.63) is 94.7 Å². The summed E-state index contributed by atoms with van der Waals surface area (Å²) >= 11 is 0. The molecule has 0 aliphatic carbocycles. The van der Waals surface area contributed by atoms with E-state index in [9.17, 15) is 33.6 Å². The van der Waals surface area contributed by atoms with E-state index in [2.05, 4.69) is 20.6 Å². The molecule has 0 bridgehead atoms. The van der Waals surface area contributed by atoms with E-state index in [1.807, 2.05) is 6.07 Å². The minimum Gasteiger partial charge on any atom is -0.710 e. The molecule has 0 unspecified atom stereocenters. The van der Waals surface area contributed by atoms with E-state index in [0.717, 1.165) is 6.07 Å². The number of nitrogens with zero attached hydrogens (tertiary/aromatic N) is 5. The zero-order chi connectivity index (χ0) is 36.9. The minimum absolute atomic E-state index is 0.0526. The van der Waals surface area contributed by atoms with Gasteiger partial charge in [0.15, 0.2) is 12.4 Å². The summed E-state index contributed by atoms with van der Waals surface area (Å²) in [5, 5.41) is 28.8. The predicted molar refractivity (Wildman–Crippen MR) is 179 cm³/mol. The number of hydrogen-bond donors (Lipinski definition) is 2. The summed E-state index contributed by atoms with van der Waals surface area (Å²) in [6.45, 7) is 8.89. The molecule has 0 saturated carbocycles. The number of alkyl halides is 2. The highest BCUT2D eigenvalue weighted by atomic mass is 19.3. The lowest BCUT2D eigenvalue weighted by Crippen LogP contribution is -2.44. The van der Waals surface area contributed by atoms with Crippen LogP contribution >= 0.6 is 0 Å². The van der Waals surface area contributed by atoms with Crippen LogP contribution in [0.5, 0.6) is 0 Å². The number of pyridine rings is 3. The molecule has 0 saturated heterocycles. The molecule has 15 heteroatoms. The summed E-state index contributed by atoms with van der Waals surface area (Å²) in [7, 11) is 0. The van der Waals surface area contributed by atoms with E-state index in [1.54, 1.807) is 65.8 Å². The first-order valence-electron chi connectivity index (χ1n) is 15.5. The minimum atomic E-state index is -3.41. The van der Waals surface area contributed by atoms with Gasteiger partial charge >= 0.3 is 18.1 Å². The van der Waals surface area contributed by atoms with Gasteiger partial charge in [-0.25, -0.2) is 19.3 Å². The number of anilines is 2. The Kier molecular flexibility index (Phi) is 10.8. The number of rotatable bonds is 9. The van der Waals surface area contributed by atoms with Crippen LogP contribution in [0.2, 0.25) is 0 Å². The molecule has 1 aromatic carbocycles. The van der Waals surface area contributed by atoms with Crippen LogP contribution in [0, 0.1) is 16.5 Å². The average Bonchev–Trinajstić information content (AvgIpc) is 3.03. The van der Waals surface area contributed by atoms with Gasteiger partial charge in [0.25, 0.3) is 5.82 Å². The van der Waals surface area contributed by atoms with Gasteiger partial charge in [-0.1, -0.05) is 18.2 Å². The van der Waals surface area contributed by atoms with E-state index in [1.165, 1.54) is 36.7 Å². The molecule has 0 aliphatic heterocycles. The number of ether oxygens (including phenoxy) is 2. The van der Waals surface area contributed by atoms with Crippen molar-refractivity contribution in [3.8, 4) is 6.07 Å². The second-order valence-corrected chi connectivity index (χ2v) is 13.2. The molecule has 3 amide bonds. The number of fused-ring (bicyclic) bond motifs is 1. The maximum atomic E-state index is 14.7. The average molecular weight is 690 g/mol. The summed E-state index contributed by atoms with van der Waals surface area (Å²) < 4.78 is 40.5. The molecule has 3 aromatic heterocycles. The number of amides is 3. The number of hydrogen-bond acceptors (Lipinski definition) is 10. The van der Waals surface area contributed by atoms with Crippen molar-refractivity contribution < 1.29 is 37.4 Å². The van der Waals surface area contributed by atoms with Gasteiger partial charge in [-0.2, -0.15) is 18.9 Å². The number of carbonyl (C=O) groups is 3. The van der Waals surface area contributed by atoms with E-state index >= 15 is 0 Å². The topological polar surface area (TPSA) is 173 Å². The monoisotopic (exact) mass is 689 g/mol. The van der Waals surface area contributed by atoms with Crippen LogP contribution in [0.1, 0.15) is 64.1 Å². The van der Waals surface area contributed by atoms with Crippen LogP contribution in [-0.2, 0) is 33.2 Å². The zero-order valence-electron chi connectivity index (χ0n) is 28.4. The largest absolute Gasteiger partial charge is 0.710 e. The lowest BCUT2D eigenvalue weighted by molar-refractivity contribution is -0.598. The summed E-state index contributed by atoms with van der Waals surface area (Å²) in [5.41, 5.74) is -2.18. The van der Waals surface area contributed by atoms with Crippen molar-refractivity contribution >= 4 is 40.5 Å². The molecule has 50 heavy (non-hydrogen) atoms. The molecular formula is C35H37F2N7O6. The third kappa shape index (κ3) is 9.37. The Hall–Kier alpha value is -5.91. The van der Waals surface area contributed by atoms with Gasteiger partial charge in [0.2, 0.25) is 5.91 Å². The maximum absolute atomic E-state index is 14.7. The molecule has 3 heterocycles. The molecule has 4 aromatic rings. The van der Waals surface area contributed by atoms with Crippen LogP contribution in [-0.4, -0.2) is 45.8 Å². The predicted octanol–water partition coefficient (Wildman–Crippen LogP) is 5.87. The van der Waals surface area contributed by atoms with E-state index < -0.39 is 53.9 Å². The molecule has 4 rings (SSSR count). The first-order valence-corrected chi connectivity index (χ1v) is 15.5. The van der Waals surface area contributed by atoms with Crippen LogP contribution in [0.25, 0.3) is 10.8 Å². The number of nitrogens with one attached hydrogen (secondary N) is 2. The van der Waals surface area contributed by atoms with Crippen molar-refractivity contribution in [2.75, 3.05) is 16.8 Å². The van der Waals surface area contributed by atoms with Gasteiger partial charge in [0, 0.05) is 30.4 Å².